The van der Waals surface area contributed by atoms with Crippen LogP contribution >= 0.6 is 11.8 Å². The highest BCUT2D eigenvalue weighted by atomic mass is 32.2. The SMILES string of the molecule is C=CCN=C1NC(C)(C)C(=C)S1. The average molecular weight is 182 g/mol. The number of nitrogens with zero attached hydrogens (tertiary/aromatic N) is 1. The highest BCUT2D eigenvalue weighted by molar-refractivity contribution is 8.17. The van der Waals surface area contributed by atoms with Gasteiger partial charge < -0.3 is 5.32 Å². The number of rotatable bonds is 2. The molecular formula is C9H14N2S. The summed E-state index contributed by atoms with van der Waals surface area (Å²) in [6.07, 6.45) is 1.78. The van der Waals surface area contributed by atoms with Gasteiger partial charge in [-0.05, 0) is 13.8 Å². The van der Waals surface area contributed by atoms with E-state index in [-0.39, 0.29) is 5.54 Å². The van der Waals surface area contributed by atoms with Crippen molar-refractivity contribution in [3.8, 4) is 0 Å². The highest BCUT2D eigenvalue weighted by Crippen LogP contribution is 2.33. The zero-order valence-electron chi connectivity index (χ0n) is 7.55. The number of hydrogen-bond donors (Lipinski definition) is 1. The van der Waals surface area contributed by atoms with E-state index in [4.69, 9.17) is 0 Å². The van der Waals surface area contributed by atoms with Crippen molar-refractivity contribution < 1.29 is 0 Å². The maximum atomic E-state index is 4.28. The van der Waals surface area contributed by atoms with Crippen LogP contribution in [0.15, 0.2) is 29.1 Å². The first-order valence-electron chi connectivity index (χ1n) is 3.87. The van der Waals surface area contributed by atoms with Crippen molar-refractivity contribution in [1.82, 2.24) is 5.32 Å². The molecule has 1 fully saturated rings. The van der Waals surface area contributed by atoms with Gasteiger partial charge in [0.2, 0.25) is 0 Å². The van der Waals surface area contributed by atoms with E-state index in [1.807, 2.05) is 0 Å². The van der Waals surface area contributed by atoms with Gasteiger partial charge in [0.05, 0.1) is 12.1 Å². The monoisotopic (exact) mass is 182 g/mol. The van der Waals surface area contributed by atoms with Crippen molar-refractivity contribution >= 4 is 16.9 Å². The molecule has 1 saturated heterocycles. The first kappa shape index (κ1) is 9.39. The zero-order valence-corrected chi connectivity index (χ0v) is 8.37. The van der Waals surface area contributed by atoms with Gasteiger partial charge in [0.1, 0.15) is 0 Å². The number of hydrogen-bond acceptors (Lipinski definition) is 2. The van der Waals surface area contributed by atoms with Crippen LogP contribution in [0.5, 0.6) is 0 Å². The molecule has 0 atom stereocenters. The van der Waals surface area contributed by atoms with Crippen molar-refractivity contribution in [2.75, 3.05) is 6.54 Å². The van der Waals surface area contributed by atoms with Crippen LogP contribution < -0.4 is 5.32 Å². The van der Waals surface area contributed by atoms with Crippen LogP contribution in [0.25, 0.3) is 0 Å². The molecule has 1 N–H and O–H groups in total. The third kappa shape index (κ3) is 1.91. The van der Waals surface area contributed by atoms with Crippen LogP contribution in [0, 0.1) is 0 Å². The summed E-state index contributed by atoms with van der Waals surface area (Å²) in [6.45, 7) is 12.4. The van der Waals surface area contributed by atoms with Gasteiger partial charge in [-0.25, -0.2) is 0 Å². The van der Waals surface area contributed by atoms with Crippen LogP contribution in [-0.4, -0.2) is 17.3 Å². The van der Waals surface area contributed by atoms with Crippen LogP contribution in [0.4, 0.5) is 0 Å². The molecule has 0 aromatic heterocycles. The number of nitrogens with one attached hydrogen (secondary N) is 1. The second kappa shape index (κ2) is 3.35. The Bertz CT molecular complexity index is 241. The van der Waals surface area contributed by atoms with Crippen molar-refractivity contribution in [2.24, 2.45) is 4.99 Å². The lowest BCUT2D eigenvalue weighted by Crippen LogP contribution is -2.35. The molecule has 0 aliphatic carbocycles. The van der Waals surface area contributed by atoms with E-state index < -0.39 is 0 Å². The fourth-order valence-electron chi connectivity index (χ4n) is 0.826. The van der Waals surface area contributed by atoms with Crippen LogP contribution in [0.3, 0.4) is 0 Å². The summed E-state index contributed by atoms with van der Waals surface area (Å²) < 4.78 is 0. The summed E-state index contributed by atoms with van der Waals surface area (Å²) >= 11 is 1.61. The molecule has 1 rings (SSSR count). The number of amidine groups is 1. The lowest BCUT2D eigenvalue weighted by molar-refractivity contribution is 0.582. The smallest absolute Gasteiger partial charge is 0.162 e. The Balaban J connectivity index is 2.66. The summed E-state index contributed by atoms with van der Waals surface area (Å²) in [5, 5.41) is 4.23. The Morgan fingerprint density at radius 3 is 2.75 bits per heavy atom. The van der Waals surface area contributed by atoms with E-state index in [0.29, 0.717) is 6.54 Å². The molecule has 0 amide bonds. The molecule has 66 valence electrons. The molecule has 0 bridgehead atoms. The fraction of sp³-hybridized carbons (Fsp3) is 0.444. The first-order valence-corrected chi connectivity index (χ1v) is 4.68. The van der Waals surface area contributed by atoms with Gasteiger partial charge >= 0.3 is 0 Å². The molecule has 0 unspecified atom stereocenters. The predicted molar refractivity (Wildman–Crippen MR) is 56.4 cm³/mol. The van der Waals surface area contributed by atoms with E-state index in [0.717, 1.165) is 10.1 Å². The Morgan fingerprint density at radius 1 is 1.67 bits per heavy atom. The predicted octanol–water partition coefficient (Wildman–Crippen LogP) is 2.16. The number of thioether (sulfide) groups is 1. The molecule has 0 aromatic carbocycles. The van der Waals surface area contributed by atoms with E-state index in [9.17, 15) is 0 Å². The first-order chi connectivity index (χ1) is 5.56. The topological polar surface area (TPSA) is 24.4 Å². The lowest BCUT2D eigenvalue weighted by Gasteiger charge is -2.17. The second-order valence-electron chi connectivity index (χ2n) is 3.21. The van der Waals surface area contributed by atoms with Crippen molar-refractivity contribution in [3.05, 3.63) is 24.1 Å². The molecule has 2 nitrogen and oxygen atoms in total. The fourth-order valence-corrected chi connectivity index (χ4v) is 1.81. The zero-order chi connectivity index (χ0) is 9.19. The van der Waals surface area contributed by atoms with Gasteiger partial charge in [0, 0.05) is 4.91 Å². The van der Waals surface area contributed by atoms with Gasteiger partial charge in [-0.1, -0.05) is 24.4 Å². The molecule has 1 heterocycles. The highest BCUT2D eigenvalue weighted by Gasteiger charge is 2.31. The van der Waals surface area contributed by atoms with Crippen LogP contribution in [0.1, 0.15) is 13.8 Å². The standard InChI is InChI=1S/C9H14N2S/c1-5-6-10-8-11-9(3,4)7(2)12-8/h5H,1-2,6H2,3-4H3,(H,10,11). The second-order valence-corrected chi connectivity index (χ2v) is 4.29. The molecule has 0 saturated carbocycles. The minimum absolute atomic E-state index is 0.0231. The molecule has 0 aromatic rings. The Labute approximate surface area is 77.8 Å². The average Bonchev–Trinajstić information content (AvgIpc) is 2.22. The summed E-state index contributed by atoms with van der Waals surface area (Å²) in [4.78, 5) is 5.39. The van der Waals surface area contributed by atoms with Gasteiger partial charge in [-0.3, -0.25) is 4.99 Å². The maximum Gasteiger partial charge on any atom is 0.162 e. The van der Waals surface area contributed by atoms with Gasteiger partial charge in [0.25, 0.3) is 0 Å². The normalized spacial score (nSPS) is 24.2. The summed E-state index contributed by atoms with van der Waals surface area (Å²) in [6, 6.07) is 0. The van der Waals surface area contributed by atoms with Crippen molar-refractivity contribution in [2.45, 2.75) is 19.4 Å². The van der Waals surface area contributed by atoms with Crippen molar-refractivity contribution in [1.29, 1.82) is 0 Å². The molecule has 0 radical (unpaired) electrons. The molecule has 3 heteroatoms. The lowest BCUT2D eigenvalue weighted by atomic mass is 10.1. The molecule has 12 heavy (non-hydrogen) atoms. The summed E-state index contributed by atoms with van der Waals surface area (Å²) in [7, 11) is 0. The van der Waals surface area contributed by atoms with Gasteiger partial charge in [-0.2, -0.15) is 0 Å². The Hall–Kier alpha value is -0.700. The van der Waals surface area contributed by atoms with Crippen molar-refractivity contribution in [3.63, 3.8) is 0 Å². The van der Waals surface area contributed by atoms with E-state index in [2.05, 4.69) is 37.3 Å². The summed E-state index contributed by atoms with van der Waals surface area (Å²) in [5.74, 6) is 0. The molecule has 1 aliphatic rings. The largest absolute Gasteiger partial charge is 0.355 e. The number of aliphatic imine (C=N–C) groups is 1. The third-order valence-corrected chi connectivity index (χ3v) is 2.88. The third-order valence-electron chi connectivity index (χ3n) is 1.70. The minimum atomic E-state index is -0.0231. The maximum absolute atomic E-state index is 4.28. The quantitative estimate of drug-likeness (QED) is 0.662. The molecular weight excluding hydrogens is 168 g/mol. The van der Waals surface area contributed by atoms with Gasteiger partial charge in [-0.15, -0.1) is 6.58 Å². The minimum Gasteiger partial charge on any atom is -0.355 e. The molecule has 1 aliphatic heterocycles. The Morgan fingerprint density at radius 2 is 2.33 bits per heavy atom. The Kier molecular flexibility index (Phi) is 2.62. The van der Waals surface area contributed by atoms with E-state index >= 15 is 0 Å². The van der Waals surface area contributed by atoms with Crippen LogP contribution in [-0.2, 0) is 0 Å². The van der Waals surface area contributed by atoms with E-state index in [1.54, 1.807) is 17.8 Å². The van der Waals surface area contributed by atoms with Crippen LogP contribution in [0.2, 0.25) is 0 Å². The van der Waals surface area contributed by atoms with E-state index in [1.165, 1.54) is 0 Å². The van der Waals surface area contributed by atoms with Gasteiger partial charge in [0.15, 0.2) is 5.17 Å². The molecule has 0 spiro atoms. The summed E-state index contributed by atoms with van der Waals surface area (Å²) in [5.41, 5.74) is -0.0231.